The summed E-state index contributed by atoms with van der Waals surface area (Å²) in [5.41, 5.74) is 0. The monoisotopic (exact) mass is 303 g/mol. The fourth-order valence-electron chi connectivity index (χ4n) is 1.97. The van der Waals surface area contributed by atoms with Crippen molar-refractivity contribution in [1.82, 2.24) is 10.6 Å². The molecule has 21 heavy (non-hydrogen) atoms. The van der Waals surface area contributed by atoms with Gasteiger partial charge in [-0.2, -0.15) is 0 Å². The number of ether oxygens (including phenoxy) is 2. The first kappa shape index (κ1) is 20.1. The van der Waals surface area contributed by atoms with Crippen molar-refractivity contribution in [3.63, 3.8) is 0 Å². The summed E-state index contributed by atoms with van der Waals surface area (Å²) in [7, 11) is 1.66. The second-order valence-electron chi connectivity index (χ2n) is 4.92. The highest BCUT2D eigenvalue weighted by Gasteiger charge is 2.07. The zero-order valence-electron chi connectivity index (χ0n) is 13.9. The van der Waals surface area contributed by atoms with E-state index in [9.17, 15) is 0 Å². The fourth-order valence-corrected chi connectivity index (χ4v) is 1.97. The molecule has 6 nitrogen and oxygen atoms in total. The minimum absolute atomic E-state index is 0.234. The van der Waals surface area contributed by atoms with Crippen molar-refractivity contribution in [3.05, 3.63) is 0 Å². The van der Waals surface area contributed by atoms with E-state index in [1.54, 1.807) is 7.11 Å². The van der Waals surface area contributed by atoms with Crippen molar-refractivity contribution in [2.24, 2.45) is 10.9 Å². The molecule has 0 aromatic carbocycles. The van der Waals surface area contributed by atoms with Gasteiger partial charge in [0, 0.05) is 33.4 Å². The second-order valence-corrected chi connectivity index (χ2v) is 4.92. The van der Waals surface area contributed by atoms with Crippen LogP contribution in [-0.4, -0.2) is 64.2 Å². The molecule has 1 unspecified atom stereocenters. The van der Waals surface area contributed by atoms with Gasteiger partial charge in [0.25, 0.3) is 0 Å². The van der Waals surface area contributed by atoms with E-state index in [1.165, 1.54) is 0 Å². The normalized spacial score (nSPS) is 13.2. The molecule has 0 aliphatic heterocycles. The first-order valence-corrected chi connectivity index (χ1v) is 7.98. The highest BCUT2D eigenvalue weighted by atomic mass is 16.5. The third kappa shape index (κ3) is 12.6. The molecule has 0 aromatic rings. The number of nitrogens with one attached hydrogen (secondary N) is 2. The van der Waals surface area contributed by atoms with Crippen molar-refractivity contribution in [2.45, 2.75) is 33.1 Å². The molecule has 0 radical (unpaired) electrons. The molecule has 0 fully saturated rings. The van der Waals surface area contributed by atoms with Crippen molar-refractivity contribution >= 4 is 5.96 Å². The summed E-state index contributed by atoms with van der Waals surface area (Å²) in [6.07, 6.45) is 3.04. The number of nitrogens with zero attached hydrogens (tertiary/aromatic N) is 1. The van der Waals surface area contributed by atoms with Crippen LogP contribution in [0.3, 0.4) is 0 Å². The van der Waals surface area contributed by atoms with E-state index in [0.717, 1.165) is 38.3 Å². The van der Waals surface area contributed by atoms with Crippen molar-refractivity contribution in [3.8, 4) is 0 Å². The van der Waals surface area contributed by atoms with Crippen molar-refractivity contribution in [2.75, 3.05) is 53.2 Å². The highest BCUT2D eigenvalue weighted by Crippen LogP contribution is 2.10. The summed E-state index contributed by atoms with van der Waals surface area (Å²) in [5.74, 6) is 1.26. The van der Waals surface area contributed by atoms with Crippen LogP contribution >= 0.6 is 0 Å². The van der Waals surface area contributed by atoms with Gasteiger partial charge in [-0.05, 0) is 25.7 Å². The number of aliphatic hydroxyl groups is 1. The van der Waals surface area contributed by atoms with Gasteiger partial charge in [-0.25, -0.2) is 0 Å². The van der Waals surface area contributed by atoms with Gasteiger partial charge in [-0.1, -0.05) is 13.3 Å². The number of hydrogen-bond acceptors (Lipinski definition) is 4. The van der Waals surface area contributed by atoms with Crippen molar-refractivity contribution in [1.29, 1.82) is 0 Å². The maximum atomic E-state index is 9.07. The van der Waals surface area contributed by atoms with Crippen LogP contribution in [0.15, 0.2) is 4.99 Å². The molecule has 6 heteroatoms. The van der Waals surface area contributed by atoms with E-state index in [1.807, 2.05) is 6.92 Å². The van der Waals surface area contributed by atoms with Gasteiger partial charge in [0.05, 0.1) is 19.8 Å². The number of aliphatic imine (C=N–C) groups is 1. The van der Waals surface area contributed by atoms with Gasteiger partial charge < -0.3 is 25.2 Å². The third-order valence-electron chi connectivity index (χ3n) is 3.06. The maximum absolute atomic E-state index is 9.07. The zero-order valence-corrected chi connectivity index (χ0v) is 13.9. The Kier molecular flexibility index (Phi) is 14.9. The van der Waals surface area contributed by atoms with Gasteiger partial charge in [0.2, 0.25) is 0 Å². The first-order chi connectivity index (χ1) is 10.3. The molecule has 0 amide bonds. The predicted octanol–water partition coefficient (Wildman–Crippen LogP) is 1.00. The smallest absolute Gasteiger partial charge is 0.191 e. The van der Waals surface area contributed by atoms with E-state index in [2.05, 4.69) is 22.5 Å². The molecular formula is C15H33N3O3. The topological polar surface area (TPSA) is 75.1 Å². The van der Waals surface area contributed by atoms with Crippen LogP contribution in [-0.2, 0) is 9.47 Å². The van der Waals surface area contributed by atoms with Gasteiger partial charge in [0.1, 0.15) is 0 Å². The molecular weight excluding hydrogens is 270 g/mol. The van der Waals surface area contributed by atoms with Gasteiger partial charge in [-0.15, -0.1) is 0 Å². The molecule has 0 rings (SSSR count). The summed E-state index contributed by atoms with van der Waals surface area (Å²) < 4.78 is 10.3. The lowest BCUT2D eigenvalue weighted by molar-refractivity contribution is 0.0733. The van der Waals surface area contributed by atoms with Crippen LogP contribution in [0.25, 0.3) is 0 Å². The Morgan fingerprint density at radius 2 is 1.95 bits per heavy atom. The Bertz CT molecular complexity index is 244. The van der Waals surface area contributed by atoms with E-state index >= 15 is 0 Å². The lowest BCUT2D eigenvalue weighted by Crippen LogP contribution is -2.39. The number of methoxy groups -OCH3 is 1. The maximum Gasteiger partial charge on any atom is 0.191 e. The SMILES string of the molecule is CCCC(CCO)CN=C(NCC)NCCOCCOC. The van der Waals surface area contributed by atoms with Gasteiger partial charge in [0.15, 0.2) is 5.96 Å². The summed E-state index contributed by atoms with van der Waals surface area (Å²) in [4.78, 5) is 4.59. The van der Waals surface area contributed by atoms with Crippen LogP contribution < -0.4 is 10.6 Å². The fraction of sp³-hybridized carbons (Fsp3) is 0.933. The van der Waals surface area contributed by atoms with E-state index in [0.29, 0.717) is 32.3 Å². The standard InChI is InChI=1S/C15H33N3O3/c1-4-6-14(7-9-19)13-18-15(16-5-2)17-8-10-21-12-11-20-3/h14,19H,4-13H2,1-3H3,(H2,16,17,18). The number of rotatable bonds is 13. The summed E-state index contributed by atoms with van der Waals surface area (Å²) in [6.45, 7) is 8.59. The van der Waals surface area contributed by atoms with E-state index in [-0.39, 0.29) is 6.61 Å². The summed E-state index contributed by atoms with van der Waals surface area (Å²) in [5, 5.41) is 15.5. The molecule has 126 valence electrons. The molecule has 0 aliphatic carbocycles. The Balaban J connectivity index is 4.03. The lowest BCUT2D eigenvalue weighted by atomic mass is 10.0. The van der Waals surface area contributed by atoms with E-state index < -0.39 is 0 Å². The van der Waals surface area contributed by atoms with Gasteiger partial charge in [-0.3, -0.25) is 4.99 Å². The lowest BCUT2D eigenvalue weighted by Gasteiger charge is -2.15. The molecule has 0 spiro atoms. The Morgan fingerprint density at radius 1 is 1.14 bits per heavy atom. The molecule has 0 saturated heterocycles. The average Bonchev–Trinajstić information content (AvgIpc) is 2.48. The predicted molar refractivity (Wildman–Crippen MR) is 86.8 cm³/mol. The molecule has 0 saturated carbocycles. The Morgan fingerprint density at radius 3 is 2.57 bits per heavy atom. The molecule has 0 bridgehead atoms. The Labute approximate surface area is 129 Å². The number of guanidine groups is 1. The van der Waals surface area contributed by atoms with Crippen LogP contribution in [0.4, 0.5) is 0 Å². The quantitative estimate of drug-likeness (QED) is 0.269. The second kappa shape index (κ2) is 15.5. The third-order valence-corrected chi connectivity index (χ3v) is 3.06. The van der Waals surface area contributed by atoms with Crippen LogP contribution in [0.5, 0.6) is 0 Å². The van der Waals surface area contributed by atoms with Crippen LogP contribution in [0.2, 0.25) is 0 Å². The minimum Gasteiger partial charge on any atom is -0.396 e. The average molecular weight is 303 g/mol. The van der Waals surface area contributed by atoms with Crippen molar-refractivity contribution < 1.29 is 14.6 Å². The summed E-state index contributed by atoms with van der Waals surface area (Å²) >= 11 is 0. The highest BCUT2D eigenvalue weighted by molar-refractivity contribution is 5.79. The zero-order chi connectivity index (χ0) is 15.8. The number of hydrogen-bond donors (Lipinski definition) is 3. The largest absolute Gasteiger partial charge is 0.396 e. The molecule has 3 N–H and O–H groups in total. The number of aliphatic hydroxyl groups excluding tert-OH is 1. The van der Waals surface area contributed by atoms with E-state index in [4.69, 9.17) is 14.6 Å². The Hall–Kier alpha value is -0.850. The van der Waals surface area contributed by atoms with Crippen LogP contribution in [0, 0.1) is 5.92 Å². The first-order valence-electron chi connectivity index (χ1n) is 7.98. The molecule has 0 heterocycles. The van der Waals surface area contributed by atoms with Gasteiger partial charge >= 0.3 is 0 Å². The molecule has 0 aromatic heterocycles. The minimum atomic E-state index is 0.234. The van der Waals surface area contributed by atoms with Crippen LogP contribution in [0.1, 0.15) is 33.1 Å². The summed E-state index contributed by atoms with van der Waals surface area (Å²) in [6, 6.07) is 0. The molecule has 1 atom stereocenters. The molecule has 0 aliphatic rings.